The van der Waals surface area contributed by atoms with Crippen LogP contribution < -0.4 is 0 Å². The Morgan fingerprint density at radius 1 is 1.46 bits per heavy atom. The Hall–Kier alpha value is -2.78. The van der Waals surface area contributed by atoms with E-state index in [2.05, 4.69) is 4.98 Å². The van der Waals surface area contributed by atoms with Crippen molar-refractivity contribution in [2.45, 2.75) is 38.3 Å². The highest BCUT2D eigenvalue weighted by Crippen LogP contribution is 2.29. The molecule has 0 fully saturated rings. The van der Waals surface area contributed by atoms with Crippen LogP contribution in [0.2, 0.25) is 0 Å². The molecule has 0 saturated carbocycles. The Labute approximate surface area is 151 Å². The summed E-state index contributed by atoms with van der Waals surface area (Å²) in [4.78, 5) is 18.1. The van der Waals surface area contributed by atoms with Gasteiger partial charge in [-0.15, -0.1) is 0 Å². The number of halogens is 1. The number of aliphatic hydroxyl groups excluding tert-OH is 1. The molecule has 0 radical (unpaired) electrons. The van der Waals surface area contributed by atoms with Gasteiger partial charge in [-0.3, -0.25) is 9.78 Å². The van der Waals surface area contributed by atoms with Crippen molar-refractivity contribution in [3.8, 4) is 6.07 Å². The third kappa shape index (κ3) is 3.58. The molecule has 1 aromatic heterocycles. The van der Waals surface area contributed by atoms with Gasteiger partial charge in [-0.1, -0.05) is 13.0 Å². The molecule has 134 valence electrons. The van der Waals surface area contributed by atoms with Gasteiger partial charge in [-0.25, -0.2) is 4.39 Å². The summed E-state index contributed by atoms with van der Waals surface area (Å²) in [5.41, 5.74) is 2.37. The second kappa shape index (κ2) is 7.63. The van der Waals surface area contributed by atoms with Crippen molar-refractivity contribution < 1.29 is 14.3 Å². The molecule has 1 amide bonds. The Morgan fingerprint density at radius 3 is 2.81 bits per heavy atom. The molecule has 1 aliphatic carbocycles. The van der Waals surface area contributed by atoms with Gasteiger partial charge in [0, 0.05) is 30.4 Å². The van der Waals surface area contributed by atoms with Crippen LogP contribution in [0, 0.1) is 17.1 Å². The van der Waals surface area contributed by atoms with Crippen LogP contribution in [0.5, 0.6) is 0 Å². The molecule has 26 heavy (non-hydrogen) atoms. The second-order valence-electron chi connectivity index (χ2n) is 6.48. The van der Waals surface area contributed by atoms with Crippen molar-refractivity contribution >= 4 is 5.91 Å². The summed E-state index contributed by atoms with van der Waals surface area (Å²) in [5, 5.41) is 19.5. The van der Waals surface area contributed by atoms with Crippen LogP contribution in [0.1, 0.15) is 41.7 Å². The van der Waals surface area contributed by atoms with E-state index in [0.29, 0.717) is 24.8 Å². The smallest absolute Gasteiger partial charge is 0.222 e. The predicted octanol–water partition coefficient (Wildman–Crippen LogP) is 2.53. The first kappa shape index (κ1) is 18.0. The molecule has 1 N–H and O–H groups in total. The van der Waals surface area contributed by atoms with Crippen molar-refractivity contribution in [3.05, 3.63) is 64.7 Å². The van der Waals surface area contributed by atoms with Gasteiger partial charge in [0.25, 0.3) is 0 Å². The number of amides is 1. The van der Waals surface area contributed by atoms with Crippen molar-refractivity contribution in [1.29, 1.82) is 5.26 Å². The molecular formula is C20H20FN3O2. The first-order valence-electron chi connectivity index (χ1n) is 8.62. The van der Waals surface area contributed by atoms with Crippen LogP contribution >= 0.6 is 0 Å². The molecule has 1 aromatic carbocycles. The molecule has 1 heterocycles. The van der Waals surface area contributed by atoms with Crippen LogP contribution in [0.25, 0.3) is 0 Å². The highest BCUT2D eigenvalue weighted by molar-refractivity contribution is 5.76. The normalized spacial score (nSPS) is 16.6. The molecule has 2 unspecified atom stereocenters. The molecule has 6 heteroatoms. The number of carbonyl (C=O) groups excluding carboxylic acids is 1. The molecule has 3 rings (SSSR count). The topological polar surface area (TPSA) is 77.2 Å². The lowest BCUT2D eigenvalue weighted by Gasteiger charge is -2.31. The lowest BCUT2D eigenvalue weighted by molar-refractivity contribution is -0.134. The number of fused-ring (bicyclic) bond motifs is 1. The van der Waals surface area contributed by atoms with Gasteiger partial charge in [0.15, 0.2) is 0 Å². The minimum Gasteiger partial charge on any atom is -0.386 e. The zero-order valence-corrected chi connectivity index (χ0v) is 14.5. The third-order valence-corrected chi connectivity index (χ3v) is 4.82. The fourth-order valence-corrected chi connectivity index (χ4v) is 3.45. The summed E-state index contributed by atoms with van der Waals surface area (Å²) in [7, 11) is 0. The fourth-order valence-electron chi connectivity index (χ4n) is 3.45. The Kier molecular flexibility index (Phi) is 5.29. The monoisotopic (exact) mass is 353 g/mol. The molecule has 0 spiro atoms. The third-order valence-electron chi connectivity index (χ3n) is 4.82. The summed E-state index contributed by atoms with van der Waals surface area (Å²) in [6, 6.07) is 8.16. The number of hydrogen-bond donors (Lipinski definition) is 1. The van der Waals surface area contributed by atoms with Crippen LogP contribution in [-0.2, 0) is 17.6 Å². The zero-order valence-electron chi connectivity index (χ0n) is 14.5. The molecule has 0 bridgehead atoms. The second-order valence-corrected chi connectivity index (χ2v) is 6.48. The predicted molar refractivity (Wildman–Crippen MR) is 93.5 cm³/mol. The SMILES string of the molecule is CCC(=O)N(CC(O)c1cccnc1)C1Cc2cc(F)c(C#N)cc2C1. The number of nitrogens with zero attached hydrogens (tertiary/aromatic N) is 3. The standard InChI is InChI=1S/C20H20FN3O2/c1-2-20(26)24(12-19(25)13-4-3-5-23-11-13)17-7-14-6-16(10-22)18(21)9-15(14)8-17/h3-6,9,11,17,19,25H,2,7-8,12H2,1H3. The Morgan fingerprint density at radius 2 is 2.19 bits per heavy atom. The Bertz CT molecular complexity index is 848. The van der Waals surface area contributed by atoms with E-state index in [1.807, 2.05) is 6.07 Å². The van der Waals surface area contributed by atoms with Gasteiger partial charge in [0.2, 0.25) is 5.91 Å². The maximum absolute atomic E-state index is 13.9. The Balaban J connectivity index is 1.81. The largest absolute Gasteiger partial charge is 0.386 e. The number of hydrogen-bond acceptors (Lipinski definition) is 4. The number of nitriles is 1. The van der Waals surface area contributed by atoms with E-state index in [4.69, 9.17) is 5.26 Å². The number of carbonyl (C=O) groups is 1. The van der Waals surface area contributed by atoms with Crippen molar-refractivity contribution in [3.63, 3.8) is 0 Å². The first-order valence-corrected chi connectivity index (χ1v) is 8.62. The van der Waals surface area contributed by atoms with Gasteiger partial charge < -0.3 is 10.0 Å². The lowest BCUT2D eigenvalue weighted by Crippen LogP contribution is -2.43. The lowest BCUT2D eigenvalue weighted by atomic mass is 10.1. The molecule has 2 atom stereocenters. The van der Waals surface area contributed by atoms with E-state index in [1.165, 1.54) is 6.07 Å². The molecule has 0 saturated heterocycles. The molecule has 5 nitrogen and oxygen atoms in total. The summed E-state index contributed by atoms with van der Waals surface area (Å²) in [5.74, 6) is -0.595. The van der Waals surface area contributed by atoms with Gasteiger partial charge in [-0.2, -0.15) is 5.26 Å². The highest BCUT2D eigenvalue weighted by atomic mass is 19.1. The minimum atomic E-state index is -0.839. The number of aromatic nitrogens is 1. The number of rotatable bonds is 5. The maximum Gasteiger partial charge on any atom is 0.222 e. The minimum absolute atomic E-state index is 0.0214. The van der Waals surface area contributed by atoms with Crippen LogP contribution in [0.15, 0.2) is 36.7 Å². The molecule has 1 aliphatic rings. The van der Waals surface area contributed by atoms with Gasteiger partial charge in [-0.05, 0) is 42.2 Å². The van der Waals surface area contributed by atoms with Crippen molar-refractivity contribution in [2.75, 3.05) is 6.54 Å². The number of benzene rings is 1. The number of aliphatic hydroxyl groups is 1. The van der Waals surface area contributed by atoms with E-state index < -0.39 is 11.9 Å². The molecule has 0 aliphatic heterocycles. The van der Waals surface area contributed by atoms with E-state index in [-0.39, 0.29) is 24.1 Å². The van der Waals surface area contributed by atoms with Crippen LogP contribution in [-0.4, -0.2) is 33.5 Å². The number of pyridine rings is 1. The highest BCUT2D eigenvalue weighted by Gasteiger charge is 2.31. The molecule has 2 aromatic rings. The molecular weight excluding hydrogens is 333 g/mol. The fraction of sp³-hybridized carbons (Fsp3) is 0.350. The maximum atomic E-state index is 13.9. The summed E-state index contributed by atoms with van der Waals surface area (Å²) in [6.45, 7) is 1.94. The summed E-state index contributed by atoms with van der Waals surface area (Å²) >= 11 is 0. The zero-order chi connectivity index (χ0) is 18.7. The van der Waals surface area contributed by atoms with Crippen LogP contribution in [0.3, 0.4) is 0 Å². The van der Waals surface area contributed by atoms with E-state index in [0.717, 1.165) is 11.1 Å². The average Bonchev–Trinajstić information content (AvgIpc) is 3.07. The quantitative estimate of drug-likeness (QED) is 0.896. The first-order chi connectivity index (χ1) is 12.5. The van der Waals surface area contributed by atoms with Gasteiger partial charge >= 0.3 is 0 Å². The summed E-state index contributed by atoms with van der Waals surface area (Å²) in [6.07, 6.45) is 3.76. The van der Waals surface area contributed by atoms with E-state index in [9.17, 15) is 14.3 Å². The van der Waals surface area contributed by atoms with Crippen molar-refractivity contribution in [2.24, 2.45) is 0 Å². The summed E-state index contributed by atoms with van der Waals surface area (Å²) < 4.78 is 13.9. The average molecular weight is 353 g/mol. The van der Waals surface area contributed by atoms with Crippen molar-refractivity contribution in [1.82, 2.24) is 9.88 Å². The van der Waals surface area contributed by atoms with Gasteiger partial charge in [0.1, 0.15) is 11.9 Å². The van der Waals surface area contributed by atoms with Gasteiger partial charge in [0.05, 0.1) is 18.2 Å². The van der Waals surface area contributed by atoms with E-state index >= 15 is 0 Å². The van der Waals surface area contributed by atoms with Crippen LogP contribution in [0.4, 0.5) is 4.39 Å². The van der Waals surface area contributed by atoms with E-state index in [1.54, 1.807) is 42.4 Å².